The van der Waals surface area contributed by atoms with E-state index in [0.29, 0.717) is 29.7 Å². The average molecular weight is 510 g/mol. The summed E-state index contributed by atoms with van der Waals surface area (Å²) in [6, 6.07) is 5.96. The van der Waals surface area contributed by atoms with Crippen LogP contribution in [0.25, 0.3) is 11.4 Å². The van der Waals surface area contributed by atoms with E-state index in [2.05, 4.69) is 46.1 Å². The largest absolute Gasteiger partial charge is 0.461 e. The molecule has 1 aromatic carbocycles. The molecule has 0 bridgehead atoms. The van der Waals surface area contributed by atoms with Gasteiger partial charge in [0.05, 0.1) is 28.7 Å². The molecular formula is C26H32ClN7O2. The van der Waals surface area contributed by atoms with Crippen molar-refractivity contribution in [3.8, 4) is 11.4 Å². The predicted octanol–water partition coefficient (Wildman–Crippen LogP) is 4.04. The Hall–Kier alpha value is -3.17. The maximum Gasteiger partial charge on any atom is 0.359 e. The van der Waals surface area contributed by atoms with Gasteiger partial charge in [0, 0.05) is 50.7 Å². The molecule has 2 aromatic heterocycles. The van der Waals surface area contributed by atoms with Crippen molar-refractivity contribution in [1.29, 1.82) is 0 Å². The van der Waals surface area contributed by atoms with E-state index in [1.54, 1.807) is 11.6 Å². The van der Waals surface area contributed by atoms with Gasteiger partial charge in [-0.2, -0.15) is 5.10 Å². The fraction of sp³-hybridized carbons (Fsp3) is 0.462. The molecule has 0 saturated carbocycles. The van der Waals surface area contributed by atoms with Crippen LogP contribution in [0, 0.1) is 0 Å². The van der Waals surface area contributed by atoms with Gasteiger partial charge in [-0.25, -0.2) is 14.8 Å². The molecule has 3 aromatic rings. The van der Waals surface area contributed by atoms with Crippen LogP contribution in [0.3, 0.4) is 0 Å². The van der Waals surface area contributed by atoms with Gasteiger partial charge >= 0.3 is 5.97 Å². The smallest absolute Gasteiger partial charge is 0.359 e. The Kier molecular flexibility index (Phi) is 6.38. The number of piperazine rings is 1. The summed E-state index contributed by atoms with van der Waals surface area (Å²) in [6.45, 7) is 10.2. The van der Waals surface area contributed by atoms with Gasteiger partial charge in [-0.3, -0.25) is 4.68 Å². The molecule has 5 rings (SSSR count). The summed E-state index contributed by atoms with van der Waals surface area (Å²) in [5.41, 5.74) is 5.35. The minimum absolute atomic E-state index is 0.299. The van der Waals surface area contributed by atoms with Crippen molar-refractivity contribution < 1.29 is 9.53 Å². The van der Waals surface area contributed by atoms with Crippen LogP contribution >= 0.6 is 11.6 Å². The van der Waals surface area contributed by atoms with Crippen LogP contribution in [0.2, 0.25) is 5.02 Å². The normalized spacial score (nSPS) is 16.9. The Morgan fingerprint density at radius 1 is 1.19 bits per heavy atom. The minimum Gasteiger partial charge on any atom is -0.461 e. The van der Waals surface area contributed by atoms with Crippen molar-refractivity contribution in [1.82, 2.24) is 24.6 Å². The first-order valence-corrected chi connectivity index (χ1v) is 12.7. The third kappa shape index (κ3) is 4.41. The highest BCUT2D eigenvalue weighted by atomic mass is 35.5. The molecule has 0 atom stereocenters. The van der Waals surface area contributed by atoms with Crippen molar-refractivity contribution in [2.75, 3.05) is 50.1 Å². The molecule has 190 valence electrons. The van der Waals surface area contributed by atoms with Gasteiger partial charge in [0.25, 0.3) is 0 Å². The Morgan fingerprint density at radius 3 is 2.64 bits per heavy atom. The average Bonchev–Trinajstić information content (AvgIpc) is 3.19. The van der Waals surface area contributed by atoms with Crippen molar-refractivity contribution in [3.05, 3.63) is 46.2 Å². The maximum atomic E-state index is 12.7. The summed E-state index contributed by atoms with van der Waals surface area (Å²) in [7, 11) is 3.97. The number of nitrogens with one attached hydrogen (secondary N) is 1. The van der Waals surface area contributed by atoms with Crippen LogP contribution in [0.1, 0.15) is 42.4 Å². The lowest BCUT2D eigenvalue weighted by atomic mass is 9.73. The first-order valence-electron chi connectivity index (χ1n) is 12.3. The van der Waals surface area contributed by atoms with Crippen LogP contribution in [0.15, 0.2) is 24.4 Å². The molecule has 0 amide bonds. The third-order valence-electron chi connectivity index (χ3n) is 6.96. The van der Waals surface area contributed by atoms with Gasteiger partial charge in [0.2, 0.25) is 5.95 Å². The van der Waals surface area contributed by atoms with Crippen LogP contribution in [-0.4, -0.2) is 70.5 Å². The van der Waals surface area contributed by atoms with E-state index in [4.69, 9.17) is 21.3 Å². The van der Waals surface area contributed by atoms with Gasteiger partial charge < -0.3 is 19.9 Å². The number of aryl methyl sites for hydroxylation is 1. The number of benzene rings is 1. The summed E-state index contributed by atoms with van der Waals surface area (Å²) < 4.78 is 7.01. The van der Waals surface area contributed by atoms with E-state index in [-0.39, 0.29) is 5.41 Å². The number of rotatable bonds is 5. The molecule has 3 heterocycles. The second-order valence-electron chi connectivity index (χ2n) is 10.1. The molecule has 1 aliphatic heterocycles. The van der Waals surface area contributed by atoms with Crippen molar-refractivity contribution in [2.24, 2.45) is 7.05 Å². The Morgan fingerprint density at radius 2 is 1.94 bits per heavy atom. The zero-order valence-corrected chi connectivity index (χ0v) is 22.2. The number of ether oxygens (including phenoxy) is 1. The molecule has 1 saturated heterocycles. The third-order valence-corrected chi connectivity index (χ3v) is 7.26. The zero-order valence-electron chi connectivity index (χ0n) is 21.4. The number of hydrogen-bond donors (Lipinski definition) is 1. The fourth-order valence-electron chi connectivity index (χ4n) is 5.16. The summed E-state index contributed by atoms with van der Waals surface area (Å²) >= 11 is 6.67. The first kappa shape index (κ1) is 24.5. The monoisotopic (exact) mass is 509 g/mol. The van der Waals surface area contributed by atoms with Crippen molar-refractivity contribution in [2.45, 2.75) is 32.6 Å². The molecule has 0 unspecified atom stereocenters. The second-order valence-corrected chi connectivity index (χ2v) is 10.5. The van der Waals surface area contributed by atoms with Crippen molar-refractivity contribution in [3.63, 3.8) is 0 Å². The maximum absolute atomic E-state index is 12.7. The lowest BCUT2D eigenvalue weighted by molar-refractivity contribution is 0.0515. The SMILES string of the molecule is CCOC(=O)c1nn(C)c2c1C(C)(C)Cc1cnc(Nc3ccc(N4CCN(C)CC4)c(Cl)c3)nc1-2. The number of fused-ring (bicyclic) bond motifs is 3. The Bertz CT molecular complexity index is 1310. The molecule has 0 radical (unpaired) electrons. The van der Waals surface area contributed by atoms with E-state index in [1.807, 2.05) is 31.4 Å². The van der Waals surface area contributed by atoms with Gasteiger partial charge in [0.15, 0.2) is 5.69 Å². The number of likely N-dealkylation sites (N-methyl/N-ethyl adjacent to an activating group) is 1. The molecule has 2 aliphatic rings. The van der Waals surface area contributed by atoms with Gasteiger partial charge in [-0.15, -0.1) is 0 Å². The van der Waals surface area contributed by atoms with E-state index in [0.717, 1.165) is 60.1 Å². The fourth-order valence-corrected chi connectivity index (χ4v) is 5.46. The minimum atomic E-state index is -0.409. The first-order chi connectivity index (χ1) is 17.2. The van der Waals surface area contributed by atoms with E-state index < -0.39 is 5.97 Å². The molecule has 1 fully saturated rings. The summed E-state index contributed by atoms with van der Waals surface area (Å²) in [6.07, 6.45) is 2.55. The molecular weight excluding hydrogens is 478 g/mol. The van der Waals surface area contributed by atoms with E-state index in [9.17, 15) is 4.79 Å². The van der Waals surface area contributed by atoms with Crippen LogP contribution in [0.5, 0.6) is 0 Å². The van der Waals surface area contributed by atoms with Gasteiger partial charge in [-0.1, -0.05) is 25.4 Å². The number of hydrogen-bond acceptors (Lipinski definition) is 8. The molecule has 1 aliphatic carbocycles. The number of carbonyl (C=O) groups is 1. The number of halogens is 1. The van der Waals surface area contributed by atoms with E-state index >= 15 is 0 Å². The molecule has 9 nitrogen and oxygen atoms in total. The molecule has 1 N–H and O–H groups in total. The van der Waals surface area contributed by atoms with Gasteiger partial charge in [0.1, 0.15) is 0 Å². The number of nitrogens with zero attached hydrogens (tertiary/aromatic N) is 6. The lowest BCUT2D eigenvalue weighted by Crippen LogP contribution is -2.44. The molecule has 10 heteroatoms. The molecule has 0 spiro atoms. The summed E-state index contributed by atoms with van der Waals surface area (Å²) in [4.78, 5) is 26.7. The Labute approximate surface area is 216 Å². The quantitative estimate of drug-likeness (QED) is 0.516. The highest BCUT2D eigenvalue weighted by molar-refractivity contribution is 6.33. The molecule has 36 heavy (non-hydrogen) atoms. The lowest BCUT2D eigenvalue weighted by Gasteiger charge is -2.34. The highest BCUT2D eigenvalue weighted by Crippen LogP contribution is 2.44. The summed E-state index contributed by atoms with van der Waals surface area (Å²) in [5, 5.41) is 8.52. The van der Waals surface area contributed by atoms with Gasteiger partial charge in [-0.05, 0) is 49.6 Å². The number of carbonyl (C=O) groups excluding carboxylic acids is 1. The number of esters is 1. The standard InChI is InChI=1S/C26H32ClN7O2/c1-6-36-24(35)22-20-23(33(5)31-22)21-16(14-26(20,2)3)15-28-25(30-21)29-17-7-8-19(18(27)13-17)34-11-9-32(4)10-12-34/h7-8,13,15H,6,9-12,14H2,1-5H3,(H,28,29,30). The number of aromatic nitrogens is 4. The predicted molar refractivity (Wildman–Crippen MR) is 141 cm³/mol. The Balaban J connectivity index is 1.45. The zero-order chi connectivity index (χ0) is 25.6. The van der Waals surface area contributed by atoms with Crippen LogP contribution < -0.4 is 10.2 Å². The highest BCUT2D eigenvalue weighted by Gasteiger charge is 2.40. The van der Waals surface area contributed by atoms with Crippen LogP contribution in [0.4, 0.5) is 17.3 Å². The number of anilines is 3. The van der Waals surface area contributed by atoms with E-state index in [1.165, 1.54) is 0 Å². The van der Waals surface area contributed by atoms with Crippen molar-refractivity contribution >= 4 is 34.9 Å². The summed E-state index contributed by atoms with van der Waals surface area (Å²) in [5.74, 6) is 0.0510. The topological polar surface area (TPSA) is 88.4 Å². The second kappa shape index (κ2) is 9.37. The van der Waals surface area contributed by atoms with Crippen LogP contribution in [-0.2, 0) is 23.6 Å².